The van der Waals surface area contributed by atoms with Crippen molar-refractivity contribution in [1.29, 1.82) is 0 Å². The molecule has 0 unspecified atom stereocenters. The van der Waals surface area contributed by atoms with Gasteiger partial charge in [-0.3, -0.25) is 9.59 Å². The SMILES string of the molecule is Cc1ccc(N(C)C(=O)c2ccc(C(F)(F)F)cc2)cc1C(=O)Nc1cnc(Nc2cccc(N)c2)nc1. The highest BCUT2D eigenvalue weighted by atomic mass is 19.4. The van der Waals surface area contributed by atoms with Crippen LogP contribution in [0.1, 0.15) is 31.8 Å². The second-order valence-corrected chi connectivity index (χ2v) is 8.44. The molecule has 0 saturated heterocycles. The molecule has 1 aromatic heterocycles. The standard InChI is InChI=1S/C27H23F3N6O2/c1-16-6-11-22(36(2)25(38)17-7-9-18(10-8-17)27(28,29)30)13-23(16)24(37)34-21-14-32-26(33-15-21)35-20-5-3-4-19(31)12-20/h3-15H,31H2,1-2H3,(H,34,37)(H,32,33,35). The number of nitrogens with one attached hydrogen (secondary N) is 2. The highest BCUT2D eigenvalue weighted by Gasteiger charge is 2.30. The number of amides is 2. The predicted molar refractivity (Wildman–Crippen MR) is 139 cm³/mol. The topological polar surface area (TPSA) is 113 Å². The fraction of sp³-hybridized carbons (Fsp3) is 0.111. The summed E-state index contributed by atoms with van der Waals surface area (Å²) in [6.07, 6.45) is -1.61. The monoisotopic (exact) mass is 520 g/mol. The maximum atomic E-state index is 13.0. The highest BCUT2D eigenvalue weighted by Crippen LogP contribution is 2.29. The Balaban J connectivity index is 1.46. The Bertz CT molecular complexity index is 1470. The zero-order chi connectivity index (χ0) is 27.4. The zero-order valence-corrected chi connectivity index (χ0v) is 20.4. The molecule has 194 valence electrons. The van der Waals surface area contributed by atoms with Crippen molar-refractivity contribution in [3.8, 4) is 0 Å². The third kappa shape index (κ3) is 6.06. The number of halogens is 3. The van der Waals surface area contributed by atoms with Crippen LogP contribution in [-0.4, -0.2) is 28.8 Å². The van der Waals surface area contributed by atoms with E-state index in [2.05, 4.69) is 20.6 Å². The van der Waals surface area contributed by atoms with E-state index in [9.17, 15) is 22.8 Å². The van der Waals surface area contributed by atoms with Gasteiger partial charge in [-0.05, 0) is 67.1 Å². The number of benzene rings is 3. The van der Waals surface area contributed by atoms with Crippen LogP contribution in [-0.2, 0) is 6.18 Å². The zero-order valence-electron chi connectivity index (χ0n) is 20.4. The van der Waals surface area contributed by atoms with Crippen LogP contribution in [0.2, 0.25) is 0 Å². The van der Waals surface area contributed by atoms with E-state index in [-0.39, 0.29) is 5.56 Å². The van der Waals surface area contributed by atoms with Gasteiger partial charge in [0.25, 0.3) is 11.8 Å². The molecule has 4 N–H and O–H groups in total. The molecule has 0 bridgehead atoms. The minimum Gasteiger partial charge on any atom is -0.399 e. The van der Waals surface area contributed by atoms with Gasteiger partial charge in [-0.15, -0.1) is 0 Å². The summed E-state index contributed by atoms with van der Waals surface area (Å²) in [6, 6.07) is 15.9. The lowest BCUT2D eigenvalue weighted by atomic mass is 10.1. The number of carbonyl (C=O) groups is 2. The van der Waals surface area contributed by atoms with Crippen LogP contribution < -0.4 is 21.3 Å². The maximum absolute atomic E-state index is 13.0. The van der Waals surface area contributed by atoms with Gasteiger partial charge in [-0.25, -0.2) is 9.97 Å². The Kier molecular flexibility index (Phi) is 7.28. The fourth-order valence-electron chi connectivity index (χ4n) is 3.58. The number of hydrogen-bond acceptors (Lipinski definition) is 6. The summed E-state index contributed by atoms with van der Waals surface area (Å²) >= 11 is 0. The summed E-state index contributed by atoms with van der Waals surface area (Å²) in [7, 11) is 1.48. The number of alkyl halides is 3. The van der Waals surface area contributed by atoms with E-state index in [0.717, 1.165) is 24.3 Å². The van der Waals surface area contributed by atoms with Crippen molar-refractivity contribution < 1.29 is 22.8 Å². The van der Waals surface area contributed by atoms with E-state index in [4.69, 9.17) is 5.73 Å². The van der Waals surface area contributed by atoms with Crippen LogP contribution in [0.15, 0.2) is 79.1 Å². The summed E-state index contributed by atoms with van der Waals surface area (Å²) < 4.78 is 38.5. The van der Waals surface area contributed by atoms with Crippen LogP contribution in [0, 0.1) is 6.92 Å². The molecule has 3 aromatic carbocycles. The molecule has 1 heterocycles. The number of aryl methyl sites for hydroxylation is 1. The van der Waals surface area contributed by atoms with E-state index in [1.54, 1.807) is 37.3 Å². The van der Waals surface area contributed by atoms with Gasteiger partial charge < -0.3 is 21.3 Å². The number of anilines is 5. The van der Waals surface area contributed by atoms with E-state index >= 15 is 0 Å². The minimum atomic E-state index is -4.50. The first-order valence-corrected chi connectivity index (χ1v) is 11.3. The van der Waals surface area contributed by atoms with E-state index in [1.807, 2.05) is 6.07 Å². The van der Waals surface area contributed by atoms with Crippen molar-refractivity contribution in [3.63, 3.8) is 0 Å². The van der Waals surface area contributed by atoms with Crippen LogP contribution >= 0.6 is 0 Å². The molecule has 0 radical (unpaired) electrons. The van der Waals surface area contributed by atoms with Crippen molar-refractivity contribution >= 4 is 40.5 Å². The van der Waals surface area contributed by atoms with Crippen LogP contribution in [0.4, 0.5) is 41.9 Å². The van der Waals surface area contributed by atoms with Crippen LogP contribution in [0.3, 0.4) is 0 Å². The molecule has 0 atom stereocenters. The Hall–Kier alpha value is -4.93. The average Bonchev–Trinajstić information content (AvgIpc) is 2.89. The van der Waals surface area contributed by atoms with Crippen molar-refractivity contribution in [3.05, 3.63) is 101 Å². The first-order chi connectivity index (χ1) is 18.0. The lowest BCUT2D eigenvalue weighted by molar-refractivity contribution is -0.137. The van der Waals surface area contributed by atoms with Gasteiger partial charge in [-0.1, -0.05) is 12.1 Å². The Morgan fingerprint density at radius 3 is 2.24 bits per heavy atom. The molecule has 0 aliphatic heterocycles. The third-order valence-corrected chi connectivity index (χ3v) is 5.67. The summed E-state index contributed by atoms with van der Waals surface area (Å²) in [5, 5.41) is 5.74. The molecule has 38 heavy (non-hydrogen) atoms. The first-order valence-electron chi connectivity index (χ1n) is 11.3. The van der Waals surface area contributed by atoms with Crippen molar-refractivity contribution in [2.45, 2.75) is 13.1 Å². The Labute approximate surface area is 216 Å². The predicted octanol–water partition coefficient (Wildman–Crippen LogP) is 5.66. The number of aromatic nitrogens is 2. The Morgan fingerprint density at radius 1 is 0.921 bits per heavy atom. The number of hydrogen-bond donors (Lipinski definition) is 3. The Morgan fingerprint density at radius 2 is 1.61 bits per heavy atom. The van der Waals surface area contributed by atoms with Crippen LogP contribution in [0.5, 0.6) is 0 Å². The van der Waals surface area contributed by atoms with Gasteiger partial charge in [0.15, 0.2) is 0 Å². The van der Waals surface area contributed by atoms with Gasteiger partial charge in [0.2, 0.25) is 5.95 Å². The number of nitrogen functional groups attached to an aromatic ring is 1. The highest BCUT2D eigenvalue weighted by molar-refractivity contribution is 6.08. The lowest BCUT2D eigenvalue weighted by Gasteiger charge is -2.19. The smallest absolute Gasteiger partial charge is 0.399 e. The molecule has 11 heteroatoms. The molecular weight excluding hydrogens is 497 g/mol. The number of nitrogens with two attached hydrogens (primary N) is 1. The summed E-state index contributed by atoms with van der Waals surface area (Å²) in [5.74, 6) is -0.652. The minimum absolute atomic E-state index is 0.0797. The summed E-state index contributed by atoms with van der Waals surface area (Å²) in [5.41, 5.74) is 8.00. The number of carbonyl (C=O) groups excluding carboxylic acids is 2. The van der Waals surface area contributed by atoms with E-state index in [1.165, 1.54) is 30.4 Å². The summed E-state index contributed by atoms with van der Waals surface area (Å²) in [4.78, 5) is 35.5. The van der Waals surface area contributed by atoms with Gasteiger partial charge in [0, 0.05) is 35.2 Å². The van der Waals surface area contributed by atoms with Crippen molar-refractivity contribution in [2.24, 2.45) is 0 Å². The van der Waals surface area contributed by atoms with E-state index < -0.39 is 23.6 Å². The van der Waals surface area contributed by atoms with Gasteiger partial charge >= 0.3 is 6.18 Å². The van der Waals surface area contributed by atoms with Crippen molar-refractivity contribution in [1.82, 2.24) is 9.97 Å². The molecule has 0 aliphatic rings. The van der Waals surface area contributed by atoms with Crippen LogP contribution in [0.25, 0.3) is 0 Å². The third-order valence-electron chi connectivity index (χ3n) is 5.67. The second-order valence-electron chi connectivity index (χ2n) is 8.44. The molecule has 0 spiro atoms. The molecule has 4 rings (SSSR count). The molecule has 0 fully saturated rings. The molecule has 0 aliphatic carbocycles. The molecule has 2 amide bonds. The number of rotatable bonds is 6. The normalized spacial score (nSPS) is 11.1. The fourth-order valence-corrected chi connectivity index (χ4v) is 3.58. The summed E-state index contributed by atoms with van der Waals surface area (Å²) in [6.45, 7) is 1.74. The van der Waals surface area contributed by atoms with E-state index in [0.29, 0.717) is 39.8 Å². The number of nitrogens with zero attached hydrogens (tertiary/aromatic N) is 3. The molecular formula is C27H23F3N6O2. The van der Waals surface area contributed by atoms with Gasteiger partial charge in [0.05, 0.1) is 23.6 Å². The quantitative estimate of drug-likeness (QED) is 0.283. The lowest BCUT2D eigenvalue weighted by Crippen LogP contribution is -2.27. The first kappa shape index (κ1) is 26.1. The molecule has 0 saturated carbocycles. The average molecular weight is 521 g/mol. The molecule has 8 nitrogen and oxygen atoms in total. The maximum Gasteiger partial charge on any atom is 0.416 e. The molecule has 4 aromatic rings. The second kappa shape index (κ2) is 10.6. The largest absolute Gasteiger partial charge is 0.416 e. The van der Waals surface area contributed by atoms with Crippen molar-refractivity contribution in [2.75, 3.05) is 28.3 Å². The van der Waals surface area contributed by atoms with Gasteiger partial charge in [0.1, 0.15) is 0 Å². The van der Waals surface area contributed by atoms with Gasteiger partial charge in [-0.2, -0.15) is 13.2 Å².